The number of para-hydroxylation sites is 1. The van der Waals surface area contributed by atoms with E-state index in [2.05, 4.69) is 11.0 Å². The predicted octanol–water partition coefficient (Wildman–Crippen LogP) is 1.05. The van der Waals surface area contributed by atoms with Crippen LogP contribution in [0.3, 0.4) is 0 Å². The molecule has 3 N–H and O–H groups in total. The minimum atomic E-state index is -1.70. The SMILES string of the molecule is C/C=C1\CN(/C=C2\C(=O)O[C@H]3[C@@H](O)[C@H](C)[C@@](O)(CO)[C@@H]23)[C@H]2C[C@@]3(C(=O)N(OC)c4ccccc43)[C@H]3C[C@@H]1[C@@H]2CO3. The van der Waals surface area contributed by atoms with E-state index in [0.29, 0.717) is 26.0 Å². The molecule has 6 fully saturated rings. The molecule has 1 amide bonds. The van der Waals surface area contributed by atoms with Crippen molar-refractivity contribution in [2.75, 3.05) is 31.9 Å². The van der Waals surface area contributed by atoms with Gasteiger partial charge >= 0.3 is 5.97 Å². The molecule has 2 saturated carbocycles. The Balaban J connectivity index is 1.35. The quantitative estimate of drug-likeness (QED) is 0.286. The first-order valence-electron chi connectivity index (χ1n) is 14.2. The summed E-state index contributed by atoms with van der Waals surface area (Å²) in [6.07, 6.45) is 2.71. The van der Waals surface area contributed by atoms with Crippen molar-refractivity contribution >= 4 is 17.6 Å². The zero-order valence-corrected chi connectivity index (χ0v) is 22.9. The van der Waals surface area contributed by atoms with Crippen LogP contribution in [-0.4, -0.2) is 88.9 Å². The molecule has 8 rings (SSSR count). The second kappa shape index (κ2) is 8.87. The lowest BCUT2D eigenvalue weighted by Gasteiger charge is -2.47. The lowest BCUT2D eigenvalue weighted by molar-refractivity contribution is -0.143. The number of likely N-dealkylation sites (tertiary alicyclic amines) is 1. The number of carbonyl (C=O) groups is 2. The van der Waals surface area contributed by atoms with Crippen LogP contribution in [0.5, 0.6) is 0 Å². The van der Waals surface area contributed by atoms with Crippen molar-refractivity contribution in [2.24, 2.45) is 23.7 Å². The molecule has 0 aromatic heterocycles. The number of hydrogen-bond acceptors (Lipinski definition) is 9. The minimum Gasteiger partial charge on any atom is -0.455 e. The number of amides is 1. The van der Waals surface area contributed by atoms with Crippen LogP contribution in [0.15, 0.2) is 47.7 Å². The highest BCUT2D eigenvalue weighted by Crippen LogP contribution is 2.58. The number of hydrogen-bond donors (Lipinski definition) is 3. The number of ether oxygens (including phenoxy) is 2. The summed E-state index contributed by atoms with van der Waals surface area (Å²) in [6, 6.07) is 7.55. The average Bonchev–Trinajstić information content (AvgIpc) is 3.39. The van der Waals surface area contributed by atoms with Gasteiger partial charge in [0.1, 0.15) is 17.1 Å². The molecular weight excluding hydrogens is 516 g/mol. The van der Waals surface area contributed by atoms with Crippen LogP contribution in [0, 0.1) is 23.7 Å². The minimum absolute atomic E-state index is 0.0852. The topological polar surface area (TPSA) is 129 Å². The van der Waals surface area contributed by atoms with Crippen LogP contribution in [0.2, 0.25) is 0 Å². The van der Waals surface area contributed by atoms with Gasteiger partial charge in [-0.05, 0) is 37.3 Å². The van der Waals surface area contributed by atoms with E-state index in [1.807, 2.05) is 31.2 Å². The highest BCUT2D eigenvalue weighted by Gasteiger charge is 2.66. The summed E-state index contributed by atoms with van der Waals surface area (Å²) in [4.78, 5) is 35.1. The monoisotopic (exact) mass is 552 g/mol. The number of benzene rings is 1. The summed E-state index contributed by atoms with van der Waals surface area (Å²) < 4.78 is 12.1. The number of aliphatic hydroxyl groups is 3. The van der Waals surface area contributed by atoms with Crippen molar-refractivity contribution in [3.8, 4) is 0 Å². The maximum Gasteiger partial charge on any atom is 0.336 e. The molecule has 1 spiro atoms. The Bertz CT molecular complexity index is 1330. The van der Waals surface area contributed by atoms with Crippen molar-refractivity contribution in [1.82, 2.24) is 4.90 Å². The van der Waals surface area contributed by atoms with Gasteiger partial charge in [-0.25, -0.2) is 4.79 Å². The fraction of sp³-hybridized carbons (Fsp3) is 0.600. The molecule has 10 nitrogen and oxygen atoms in total. The van der Waals surface area contributed by atoms with Gasteiger partial charge in [-0.1, -0.05) is 36.8 Å². The van der Waals surface area contributed by atoms with E-state index in [-0.39, 0.29) is 35.5 Å². The lowest BCUT2D eigenvalue weighted by atomic mass is 9.72. The molecule has 214 valence electrons. The standard InChI is InChI=1S/C30H36N2O8/c1-4-16-11-31(12-18-24-26(40-27(18)35)25(34)15(2)30(24,37)14-33)22-10-29(23-9-17(16)19(22)13-39-23)20-7-5-6-8-21(20)32(38-3)28(29)36/h4-8,12,15,17,19,22-26,33-34,37H,9-11,13-14H2,1-3H3/b16-4+,18-12-/t15-,17-,19-,22-,23+,24-,25-,26+,29-,30-/m0/s1. The number of esters is 1. The molecule has 10 atom stereocenters. The predicted molar refractivity (Wildman–Crippen MR) is 141 cm³/mol. The summed E-state index contributed by atoms with van der Waals surface area (Å²) in [7, 11) is 1.50. The van der Waals surface area contributed by atoms with E-state index in [1.54, 1.807) is 13.1 Å². The first-order valence-corrected chi connectivity index (χ1v) is 14.2. The molecule has 5 aliphatic heterocycles. The summed E-state index contributed by atoms with van der Waals surface area (Å²) in [5.41, 5.74) is 0.407. The van der Waals surface area contributed by atoms with Crippen molar-refractivity contribution in [3.63, 3.8) is 0 Å². The first-order chi connectivity index (χ1) is 19.2. The van der Waals surface area contributed by atoms with Gasteiger partial charge in [0.15, 0.2) is 0 Å². The summed E-state index contributed by atoms with van der Waals surface area (Å²) in [5, 5.41) is 33.7. The molecule has 1 aromatic carbocycles. The number of piperidine rings is 1. The molecule has 2 aliphatic carbocycles. The van der Waals surface area contributed by atoms with Gasteiger partial charge in [0.25, 0.3) is 5.91 Å². The maximum absolute atomic E-state index is 14.2. The number of anilines is 1. The summed E-state index contributed by atoms with van der Waals surface area (Å²) in [6.45, 7) is 4.10. The second-order valence-electron chi connectivity index (χ2n) is 12.3. The van der Waals surface area contributed by atoms with Crippen LogP contribution in [-0.2, 0) is 29.3 Å². The normalized spacial score (nSPS) is 45.5. The Kier molecular flexibility index (Phi) is 5.80. The summed E-state index contributed by atoms with van der Waals surface area (Å²) >= 11 is 0. The van der Waals surface area contributed by atoms with Gasteiger partial charge in [-0.2, -0.15) is 5.06 Å². The number of nitrogens with zero attached hydrogens (tertiary/aromatic N) is 2. The van der Waals surface area contributed by atoms with Crippen LogP contribution < -0.4 is 5.06 Å². The van der Waals surface area contributed by atoms with Gasteiger partial charge in [0.2, 0.25) is 0 Å². The van der Waals surface area contributed by atoms with E-state index >= 15 is 0 Å². The Labute approximate surface area is 232 Å². The van der Waals surface area contributed by atoms with Crippen LogP contribution in [0.1, 0.15) is 32.3 Å². The number of rotatable bonds is 3. The molecule has 0 unspecified atom stereocenters. The van der Waals surface area contributed by atoms with E-state index < -0.39 is 47.6 Å². The molecule has 5 heterocycles. The number of fused-ring (bicyclic) bond motifs is 3. The maximum atomic E-state index is 14.2. The zero-order chi connectivity index (χ0) is 28.1. The Morgan fingerprint density at radius 1 is 1.25 bits per heavy atom. The Morgan fingerprint density at radius 2 is 2.02 bits per heavy atom. The highest BCUT2D eigenvalue weighted by atomic mass is 16.7. The van der Waals surface area contributed by atoms with Crippen molar-refractivity contribution in [3.05, 3.63) is 53.3 Å². The number of hydroxylamine groups is 1. The Morgan fingerprint density at radius 3 is 2.75 bits per heavy atom. The second-order valence-corrected chi connectivity index (χ2v) is 12.3. The Hall–Kier alpha value is -2.76. The fourth-order valence-corrected chi connectivity index (χ4v) is 8.76. The number of aliphatic hydroxyl groups excluding tert-OH is 2. The largest absolute Gasteiger partial charge is 0.455 e. The third-order valence-electron chi connectivity index (χ3n) is 10.9. The van der Waals surface area contributed by atoms with E-state index in [0.717, 1.165) is 11.3 Å². The van der Waals surface area contributed by atoms with Gasteiger partial charge in [0, 0.05) is 30.6 Å². The van der Waals surface area contributed by atoms with Crippen LogP contribution in [0.25, 0.3) is 0 Å². The molecule has 40 heavy (non-hydrogen) atoms. The number of carbonyl (C=O) groups excluding carboxylic acids is 2. The molecule has 10 heteroatoms. The number of allylic oxidation sites excluding steroid dienone is 1. The van der Waals surface area contributed by atoms with E-state index in [9.17, 15) is 24.9 Å². The van der Waals surface area contributed by atoms with E-state index in [4.69, 9.17) is 14.3 Å². The van der Waals surface area contributed by atoms with Crippen LogP contribution >= 0.6 is 0 Å². The average molecular weight is 553 g/mol. The van der Waals surface area contributed by atoms with E-state index in [1.165, 1.54) is 17.7 Å². The smallest absolute Gasteiger partial charge is 0.336 e. The third-order valence-corrected chi connectivity index (χ3v) is 10.9. The van der Waals surface area contributed by atoms with Gasteiger partial charge in [-0.3, -0.25) is 9.63 Å². The van der Waals surface area contributed by atoms with Crippen LogP contribution in [0.4, 0.5) is 5.69 Å². The molecule has 4 saturated heterocycles. The third kappa shape index (κ3) is 3.11. The first kappa shape index (κ1) is 26.2. The van der Waals surface area contributed by atoms with Crippen molar-refractivity contribution < 1.29 is 39.2 Å². The van der Waals surface area contributed by atoms with Crippen molar-refractivity contribution in [2.45, 2.75) is 62.1 Å². The lowest BCUT2D eigenvalue weighted by Crippen LogP contribution is -2.51. The molecular formula is C30H36N2O8. The molecule has 7 aliphatic rings. The molecule has 1 aromatic rings. The van der Waals surface area contributed by atoms with Crippen molar-refractivity contribution in [1.29, 1.82) is 0 Å². The molecule has 4 bridgehead atoms. The zero-order valence-electron chi connectivity index (χ0n) is 22.9. The van der Waals surface area contributed by atoms with Gasteiger partial charge in [0.05, 0.1) is 49.7 Å². The molecule has 0 radical (unpaired) electrons. The highest BCUT2D eigenvalue weighted by molar-refractivity contribution is 6.07. The summed E-state index contributed by atoms with van der Waals surface area (Å²) in [5.74, 6) is -1.99. The van der Waals surface area contributed by atoms with Gasteiger partial charge < -0.3 is 29.7 Å². The van der Waals surface area contributed by atoms with Gasteiger partial charge in [-0.15, -0.1) is 0 Å². The fourth-order valence-electron chi connectivity index (χ4n) is 8.76.